The van der Waals surface area contributed by atoms with Crippen LogP contribution in [0.25, 0.3) is 0 Å². The van der Waals surface area contributed by atoms with Crippen molar-refractivity contribution in [1.29, 1.82) is 0 Å². The van der Waals surface area contributed by atoms with Crippen molar-refractivity contribution in [2.45, 2.75) is 31.9 Å². The lowest BCUT2D eigenvalue weighted by Gasteiger charge is -2.39. The predicted octanol–water partition coefficient (Wildman–Crippen LogP) is 0.821. The zero-order valence-electron chi connectivity index (χ0n) is 11.9. The first kappa shape index (κ1) is 16.2. The lowest BCUT2D eigenvalue weighted by atomic mass is 10.2. The smallest absolute Gasteiger partial charge is 0.193 e. The van der Waals surface area contributed by atoms with Gasteiger partial charge in [-0.3, -0.25) is 9.38 Å². The highest BCUT2D eigenvalue weighted by molar-refractivity contribution is 7.92. The van der Waals surface area contributed by atoms with Gasteiger partial charge in [-0.2, -0.15) is 0 Å². The molecule has 0 aliphatic carbocycles. The fourth-order valence-electron chi connectivity index (χ4n) is 2.00. The highest BCUT2D eigenvalue weighted by atomic mass is 32.2. The van der Waals surface area contributed by atoms with Gasteiger partial charge in [0, 0.05) is 26.2 Å². The van der Waals surface area contributed by atoms with Crippen molar-refractivity contribution in [1.82, 2.24) is 10.2 Å². The normalized spacial score (nSPS) is 22.3. The van der Waals surface area contributed by atoms with E-state index in [1.54, 1.807) is 13.8 Å². The summed E-state index contributed by atoms with van der Waals surface area (Å²) in [6.45, 7) is 7.02. The molecule has 1 heterocycles. The van der Waals surface area contributed by atoms with Gasteiger partial charge in [-0.25, -0.2) is 8.42 Å². The molecule has 0 radical (unpaired) electrons. The molecule has 0 saturated carbocycles. The van der Waals surface area contributed by atoms with Crippen LogP contribution in [0.2, 0.25) is 0 Å². The first-order chi connectivity index (χ1) is 8.84. The Balaban J connectivity index is 2.79. The van der Waals surface area contributed by atoms with Crippen LogP contribution in [-0.2, 0) is 9.84 Å². The summed E-state index contributed by atoms with van der Waals surface area (Å²) in [5.74, 6) is 0.812. The van der Waals surface area contributed by atoms with Gasteiger partial charge in [0.1, 0.15) is 0 Å². The van der Waals surface area contributed by atoms with Crippen molar-refractivity contribution in [3.05, 3.63) is 0 Å². The highest BCUT2D eigenvalue weighted by Crippen LogP contribution is 2.23. The van der Waals surface area contributed by atoms with Crippen LogP contribution in [-0.4, -0.2) is 62.6 Å². The molecule has 1 fully saturated rings. The molecule has 1 aliphatic heterocycles. The predicted molar refractivity (Wildman–Crippen MR) is 76.0 cm³/mol. The van der Waals surface area contributed by atoms with Crippen LogP contribution >= 0.6 is 0 Å². The minimum absolute atomic E-state index is 0.132. The van der Waals surface area contributed by atoms with Gasteiger partial charge in [-0.05, 0) is 27.2 Å². The van der Waals surface area contributed by atoms with E-state index in [-0.39, 0.29) is 12.4 Å². The number of nitrogens with one attached hydrogen (secondary N) is 1. The fourth-order valence-corrected chi connectivity index (χ4v) is 3.36. The maximum atomic E-state index is 12.1. The molecule has 1 saturated heterocycles. The maximum absolute atomic E-state index is 12.1. The molecule has 0 bridgehead atoms. The van der Waals surface area contributed by atoms with E-state index in [0.29, 0.717) is 38.6 Å². The molecule has 7 heteroatoms. The summed E-state index contributed by atoms with van der Waals surface area (Å²) < 4.78 is 35.2. The number of aliphatic imine (C=N–C) groups is 1. The van der Waals surface area contributed by atoms with E-state index in [1.165, 1.54) is 0 Å². The Labute approximate surface area is 115 Å². The lowest BCUT2D eigenvalue weighted by Crippen LogP contribution is -2.57. The van der Waals surface area contributed by atoms with E-state index < -0.39 is 14.6 Å². The standard InChI is InChI=1S/C12H24FN3O2S/c1-4-14-11(15-7-5-6-13)16-8-9-19(17,18)12(2,3)10-16/h4-10H2,1-3H3,(H,14,15). The Morgan fingerprint density at radius 3 is 2.68 bits per heavy atom. The molecule has 112 valence electrons. The summed E-state index contributed by atoms with van der Waals surface area (Å²) >= 11 is 0. The molecule has 0 amide bonds. The van der Waals surface area contributed by atoms with Gasteiger partial charge in [-0.15, -0.1) is 0 Å². The number of hydrogen-bond acceptors (Lipinski definition) is 3. The van der Waals surface area contributed by atoms with Crippen LogP contribution in [0.5, 0.6) is 0 Å². The average Bonchev–Trinajstić information content (AvgIpc) is 2.32. The van der Waals surface area contributed by atoms with Crippen molar-refractivity contribution in [3.8, 4) is 0 Å². The molecular formula is C12H24FN3O2S. The van der Waals surface area contributed by atoms with Gasteiger partial charge >= 0.3 is 0 Å². The first-order valence-corrected chi connectivity index (χ1v) is 8.31. The number of guanidine groups is 1. The Morgan fingerprint density at radius 1 is 1.47 bits per heavy atom. The second-order valence-electron chi connectivity index (χ2n) is 5.28. The number of hydrogen-bond donors (Lipinski definition) is 1. The van der Waals surface area contributed by atoms with Crippen molar-refractivity contribution < 1.29 is 12.8 Å². The van der Waals surface area contributed by atoms with Gasteiger partial charge in [0.05, 0.1) is 17.2 Å². The fraction of sp³-hybridized carbons (Fsp3) is 0.917. The molecule has 0 aromatic heterocycles. The second kappa shape index (κ2) is 6.54. The molecule has 5 nitrogen and oxygen atoms in total. The van der Waals surface area contributed by atoms with Crippen LogP contribution in [0.3, 0.4) is 0 Å². The van der Waals surface area contributed by atoms with E-state index in [9.17, 15) is 12.8 Å². The SMILES string of the molecule is CCNC(=NCCCF)N1CCS(=O)(=O)C(C)(C)C1. The molecule has 0 aromatic rings. The number of nitrogens with zero attached hydrogens (tertiary/aromatic N) is 2. The number of alkyl halides is 1. The molecule has 0 unspecified atom stereocenters. The zero-order chi connectivity index (χ0) is 14.5. The second-order valence-corrected chi connectivity index (χ2v) is 8.02. The van der Waals surface area contributed by atoms with E-state index >= 15 is 0 Å². The van der Waals surface area contributed by atoms with E-state index in [0.717, 1.165) is 0 Å². The topological polar surface area (TPSA) is 61.8 Å². The first-order valence-electron chi connectivity index (χ1n) is 6.65. The minimum Gasteiger partial charge on any atom is -0.357 e. The molecule has 0 aromatic carbocycles. The Hall–Kier alpha value is -0.850. The Kier molecular flexibility index (Phi) is 5.58. The Morgan fingerprint density at radius 2 is 2.16 bits per heavy atom. The van der Waals surface area contributed by atoms with Gasteiger partial charge in [-0.1, -0.05) is 0 Å². The highest BCUT2D eigenvalue weighted by Gasteiger charge is 2.40. The summed E-state index contributed by atoms with van der Waals surface area (Å²) in [4.78, 5) is 6.28. The van der Waals surface area contributed by atoms with Crippen molar-refractivity contribution >= 4 is 15.8 Å². The van der Waals surface area contributed by atoms with E-state index in [2.05, 4.69) is 10.3 Å². The lowest BCUT2D eigenvalue weighted by molar-refractivity contribution is 0.353. The number of halogens is 1. The van der Waals surface area contributed by atoms with Crippen molar-refractivity contribution in [2.75, 3.05) is 38.6 Å². The van der Waals surface area contributed by atoms with Crippen LogP contribution in [0, 0.1) is 0 Å². The van der Waals surface area contributed by atoms with Crippen molar-refractivity contribution in [2.24, 2.45) is 4.99 Å². The maximum Gasteiger partial charge on any atom is 0.193 e. The zero-order valence-corrected chi connectivity index (χ0v) is 12.8. The molecule has 19 heavy (non-hydrogen) atoms. The molecule has 0 atom stereocenters. The largest absolute Gasteiger partial charge is 0.357 e. The van der Waals surface area contributed by atoms with Crippen LogP contribution < -0.4 is 5.32 Å². The molecule has 1 rings (SSSR count). The van der Waals surface area contributed by atoms with E-state index in [4.69, 9.17) is 0 Å². The summed E-state index contributed by atoms with van der Waals surface area (Å²) in [6.07, 6.45) is 0.393. The molecule has 0 spiro atoms. The number of sulfone groups is 1. The summed E-state index contributed by atoms with van der Waals surface area (Å²) in [7, 11) is -3.05. The van der Waals surface area contributed by atoms with Gasteiger partial charge in [0.2, 0.25) is 0 Å². The Bertz CT molecular complexity index is 421. The summed E-state index contributed by atoms with van der Waals surface area (Å²) in [5, 5.41) is 3.14. The molecular weight excluding hydrogens is 269 g/mol. The van der Waals surface area contributed by atoms with Gasteiger partial charge < -0.3 is 10.2 Å². The monoisotopic (exact) mass is 293 g/mol. The quantitative estimate of drug-likeness (QED) is 0.473. The third kappa shape index (κ3) is 4.06. The van der Waals surface area contributed by atoms with Gasteiger partial charge in [0.15, 0.2) is 15.8 Å². The minimum atomic E-state index is -3.05. The van der Waals surface area contributed by atoms with Crippen molar-refractivity contribution in [3.63, 3.8) is 0 Å². The third-order valence-corrected chi connectivity index (χ3v) is 5.76. The van der Waals surface area contributed by atoms with Crippen LogP contribution in [0.1, 0.15) is 27.2 Å². The van der Waals surface area contributed by atoms with E-state index in [1.807, 2.05) is 11.8 Å². The van der Waals surface area contributed by atoms with Crippen LogP contribution in [0.4, 0.5) is 4.39 Å². The molecule has 1 N–H and O–H groups in total. The third-order valence-electron chi connectivity index (χ3n) is 3.23. The van der Waals surface area contributed by atoms with Crippen LogP contribution in [0.15, 0.2) is 4.99 Å². The average molecular weight is 293 g/mol. The molecule has 1 aliphatic rings. The van der Waals surface area contributed by atoms with Gasteiger partial charge in [0.25, 0.3) is 0 Å². The summed E-state index contributed by atoms with van der Waals surface area (Å²) in [6, 6.07) is 0. The number of rotatable bonds is 4. The summed E-state index contributed by atoms with van der Waals surface area (Å²) in [5.41, 5.74) is 0.